The van der Waals surface area contributed by atoms with Crippen molar-refractivity contribution in [3.05, 3.63) is 66.6 Å². The van der Waals surface area contributed by atoms with Crippen LogP contribution in [0.1, 0.15) is 18.2 Å². The van der Waals surface area contributed by atoms with E-state index in [4.69, 9.17) is 10.3 Å². The predicted octanol–water partition coefficient (Wildman–Crippen LogP) is 2.45. The molecule has 1 aliphatic rings. The van der Waals surface area contributed by atoms with Crippen LogP contribution in [-0.2, 0) is 10.0 Å². The maximum atomic E-state index is 12.9. The molecule has 0 aliphatic carbocycles. The van der Waals surface area contributed by atoms with Gasteiger partial charge in [0.15, 0.2) is 0 Å². The minimum atomic E-state index is -3.58. The van der Waals surface area contributed by atoms with Crippen LogP contribution in [0.25, 0.3) is 11.6 Å². The van der Waals surface area contributed by atoms with Gasteiger partial charge < -0.3 is 15.2 Å². The molecule has 1 aliphatic heterocycles. The van der Waals surface area contributed by atoms with E-state index in [0.717, 1.165) is 5.69 Å². The first-order valence-corrected chi connectivity index (χ1v) is 12.1. The van der Waals surface area contributed by atoms with E-state index in [1.54, 1.807) is 35.2 Å². The lowest BCUT2D eigenvalue weighted by Gasteiger charge is -2.17. The number of anilines is 3. The van der Waals surface area contributed by atoms with Gasteiger partial charge in [0.05, 0.1) is 10.8 Å². The van der Waals surface area contributed by atoms with Crippen molar-refractivity contribution < 1.29 is 12.9 Å². The van der Waals surface area contributed by atoms with E-state index in [-0.39, 0.29) is 35.0 Å². The minimum absolute atomic E-state index is 0.0233. The van der Waals surface area contributed by atoms with Crippen LogP contribution in [0.4, 0.5) is 17.6 Å². The largest absolute Gasteiger partial charge is 0.368 e. The molecule has 1 unspecified atom stereocenters. The summed E-state index contributed by atoms with van der Waals surface area (Å²) in [6, 6.07) is 17.9. The normalized spacial score (nSPS) is 16.6. The Hall–Kier alpha value is -3.90. The average Bonchev–Trinajstić information content (AvgIpc) is 3.55. The molecule has 0 amide bonds. The molecule has 11 nitrogen and oxygen atoms in total. The second kappa shape index (κ2) is 8.80. The molecular weight excluding hydrogens is 456 g/mol. The second-order valence-corrected chi connectivity index (χ2v) is 9.77. The van der Waals surface area contributed by atoms with Gasteiger partial charge in [-0.2, -0.15) is 24.2 Å². The van der Waals surface area contributed by atoms with Gasteiger partial charge in [0.2, 0.25) is 39.5 Å². The first-order chi connectivity index (χ1) is 16.4. The predicted molar refractivity (Wildman–Crippen MR) is 125 cm³/mol. The van der Waals surface area contributed by atoms with Crippen molar-refractivity contribution in [3.8, 4) is 11.6 Å². The number of nitrogens with zero attached hydrogens (tertiary/aromatic N) is 7. The third kappa shape index (κ3) is 4.20. The third-order valence-corrected chi connectivity index (χ3v) is 7.49. The fourth-order valence-corrected chi connectivity index (χ4v) is 5.30. The quantitative estimate of drug-likeness (QED) is 0.439. The van der Waals surface area contributed by atoms with Gasteiger partial charge in [0, 0.05) is 25.8 Å². The highest BCUT2D eigenvalue weighted by atomic mass is 32.2. The lowest BCUT2D eigenvalue weighted by Crippen LogP contribution is -2.28. The summed E-state index contributed by atoms with van der Waals surface area (Å²) in [5.74, 6) is 0.794. The Bertz CT molecular complexity index is 1400. The summed E-state index contributed by atoms with van der Waals surface area (Å²) in [7, 11) is -1.77. The smallest absolute Gasteiger partial charge is 0.243 e. The molecule has 0 bridgehead atoms. The monoisotopic (exact) mass is 478 g/mol. The Morgan fingerprint density at radius 3 is 2.41 bits per heavy atom. The highest BCUT2D eigenvalue weighted by Gasteiger charge is 2.36. The molecule has 2 aromatic carbocycles. The van der Waals surface area contributed by atoms with Gasteiger partial charge in [-0.15, -0.1) is 0 Å². The first kappa shape index (κ1) is 21.9. The average molecular weight is 479 g/mol. The van der Waals surface area contributed by atoms with Crippen LogP contribution in [0.3, 0.4) is 0 Å². The molecule has 1 saturated heterocycles. The summed E-state index contributed by atoms with van der Waals surface area (Å²) < 4.78 is 32.7. The summed E-state index contributed by atoms with van der Waals surface area (Å²) in [6.07, 6.45) is 0.565. The van der Waals surface area contributed by atoms with Crippen LogP contribution < -0.4 is 10.6 Å². The number of hydrogen-bond acceptors (Lipinski definition) is 10. The second-order valence-electron chi connectivity index (χ2n) is 7.83. The van der Waals surface area contributed by atoms with E-state index < -0.39 is 10.0 Å². The molecule has 3 heterocycles. The topological polar surface area (TPSA) is 144 Å². The number of aromatic nitrogens is 5. The minimum Gasteiger partial charge on any atom is -0.368 e. The number of hydrogen-bond donors (Lipinski definition) is 1. The Morgan fingerprint density at radius 2 is 1.68 bits per heavy atom. The summed E-state index contributed by atoms with van der Waals surface area (Å²) in [4.78, 5) is 19.3. The van der Waals surface area contributed by atoms with Crippen LogP contribution in [0, 0.1) is 0 Å². The number of para-hydroxylation sites is 1. The van der Waals surface area contributed by atoms with Crippen LogP contribution in [0.2, 0.25) is 0 Å². The van der Waals surface area contributed by atoms with Gasteiger partial charge in [-0.05, 0) is 30.7 Å². The van der Waals surface area contributed by atoms with Gasteiger partial charge in [-0.3, -0.25) is 0 Å². The van der Waals surface area contributed by atoms with Gasteiger partial charge in [0.1, 0.15) is 0 Å². The number of sulfonamides is 1. The molecule has 0 spiro atoms. The molecule has 34 heavy (non-hydrogen) atoms. The molecule has 1 fully saturated rings. The number of rotatable bonds is 6. The van der Waals surface area contributed by atoms with Crippen LogP contribution >= 0.6 is 0 Å². The maximum absolute atomic E-state index is 12.9. The fourth-order valence-electron chi connectivity index (χ4n) is 3.78. The Kier molecular flexibility index (Phi) is 5.67. The van der Waals surface area contributed by atoms with E-state index in [2.05, 4.69) is 25.1 Å². The molecule has 5 rings (SSSR count). The number of nitrogens with two attached hydrogens (primary N) is 1. The van der Waals surface area contributed by atoms with Crippen LogP contribution in [0.15, 0.2) is 70.1 Å². The molecule has 174 valence electrons. The summed E-state index contributed by atoms with van der Waals surface area (Å²) in [6.45, 7) is 0.616. The van der Waals surface area contributed by atoms with Crippen molar-refractivity contribution in [1.82, 2.24) is 29.4 Å². The third-order valence-electron chi connectivity index (χ3n) is 5.61. The summed E-state index contributed by atoms with van der Waals surface area (Å²) in [5, 5.41) is 4.01. The number of benzene rings is 2. The van der Waals surface area contributed by atoms with E-state index in [0.29, 0.717) is 24.8 Å². The Morgan fingerprint density at radius 1 is 0.971 bits per heavy atom. The Balaban J connectivity index is 1.36. The van der Waals surface area contributed by atoms with Crippen LogP contribution in [0.5, 0.6) is 0 Å². The van der Waals surface area contributed by atoms with Crippen molar-refractivity contribution in [2.75, 3.05) is 30.8 Å². The van der Waals surface area contributed by atoms with E-state index in [1.807, 2.05) is 37.4 Å². The zero-order valence-electron chi connectivity index (χ0n) is 18.3. The molecule has 1 atom stereocenters. The zero-order chi connectivity index (χ0) is 23.7. The highest BCUT2D eigenvalue weighted by molar-refractivity contribution is 7.89. The van der Waals surface area contributed by atoms with Crippen LogP contribution in [-0.4, -0.2) is 58.0 Å². The van der Waals surface area contributed by atoms with E-state index >= 15 is 0 Å². The van der Waals surface area contributed by atoms with Gasteiger partial charge in [-0.25, -0.2) is 8.42 Å². The first-order valence-electron chi connectivity index (χ1n) is 10.6. The molecule has 0 saturated carbocycles. The standard InChI is InChI=1S/C22H22N8O3S/c1-29(16-8-4-2-5-9-16)22-26-18(25-21(23)27-22)19-24-20(33-28-19)15-12-13-30(14-15)34(31,32)17-10-6-3-7-11-17/h2-11,15H,12-14H2,1H3,(H2,23,25,26,27). The molecule has 2 aromatic heterocycles. The fraction of sp³-hybridized carbons (Fsp3) is 0.227. The van der Waals surface area contributed by atoms with Gasteiger partial charge in [0.25, 0.3) is 0 Å². The van der Waals surface area contributed by atoms with Crippen molar-refractivity contribution in [3.63, 3.8) is 0 Å². The summed E-state index contributed by atoms with van der Waals surface area (Å²) in [5.41, 5.74) is 6.79. The Labute approximate surface area is 196 Å². The lowest BCUT2D eigenvalue weighted by atomic mass is 10.1. The summed E-state index contributed by atoms with van der Waals surface area (Å²) >= 11 is 0. The molecule has 2 N–H and O–H groups in total. The van der Waals surface area contributed by atoms with Crippen molar-refractivity contribution in [2.24, 2.45) is 0 Å². The highest BCUT2D eigenvalue weighted by Crippen LogP contribution is 2.31. The molecule has 4 aromatic rings. The lowest BCUT2D eigenvalue weighted by molar-refractivity contribution is 0.354. The van der Waals surface area contributed by atoms with Crippen molar-refractivity contribution in [1.29, 1.82) is 0 Å². The van der Waals surface area contributed by atoms with Crippen molar-refractivity contribution in [2.45, 2.75) is 17.2 Å². The zero-order valence-corrected chi connectivity index (χ0v) is 19.1. The van der Waals surface area contributed by atoms with Gasteiger partial charge >= 0.3 is 0 Å². The SMILES string of the molecule is CN(c1ccccc1)c1nc(N)nc(-c2noc(C3CCN(S(=O)(=O)c4ccccc4)C3)n2)n1. The number of nitrogen functional groups attached to an aromatic ring is 1. The molecule has 12 heteroatoms. The molecular formula is C22H22N8O3S. The van der Waals surface area contributed by atoms with E-state index in [9.17, 15) is 8.42 Å². The van der Waals surface area contributed by atoms with Crippen molar-refractivity contribution >= 4 is 27.6 Å². The molecule has 0 radical (unpaired) electrons. The van der Waals surface area contributed by atoms with Gasteiger partial charge in [-0.1, -0.05) is 41.6 Å². The van der Waals surface area contributed by atoms with E-state index in [1.165, 1.54) is 4.31 Å². The maximum Gasteiger partial charge on any atom is 0.243 e.